The van der Waals surface area contributed by atoms with Crippen LogP contribution in [0.15, 0.2) is 30.6 Å². The summed E-state index contributed by atoms with van der Waals surface area (Å²) in [7, 11) is 0. The molecule has 162 valence electrons. The monoisotopic (exact) mass is 429 g/mol. The van der Waals surface area contributed by atoms with E-state index in [-0.39, 0.29) is 18.2 Å². The molecule has 30 heavy (non-hydrogen) atoms. The minimum atomic E-state index is 0.00759. The first-order valence-corrected chi connectivity index (χ1v) is 11.1. The molecule has 0 aromatic carbocycles. The second-order valence-corrected chi connectivity index (χ2v) is 8.96. The van der Waals surface area contributed by atoms with Crippen LogP contribution in [0.4, 0.5) is 5.69 Å². The van der Waals surface area contributed by atoms with Gasteiger partial charge in [0, 0.05) is 23.8 Å². The minimum absolute atomic E-state index is 0.00759. The molecule has 0 saturated carbocycles. The van der Waals surface area contributed by atoms with Crippen molar-refractivity contribution in [3.8, 4) is 5.88 Å². The van der Waals surface area contributed by atoms with Gasteiger partial charge in [0.1, 0.15) is 0 Å². The van der Waals surface area contributed by atoms with Gasteiger partial charge in [0.05, 0.1) is 28.5 Å². The summed E-state index contributed by atoms with van der Waals surface area (Å²) >= 11 is 6.11. The zero-order chi connectivity index (χ0) is 21.8. The van der Waals surface area contributed by atoms with Gasteiger partial charge in [-0.05, 0) is 64.7 Å². The topological polar surface area (TPSA) is 64.9 Å². The zero-order valence-electron chi connectivity index (χ0n) is 18.7. The molecule has 3 aromatic rings. The Hall–Kier alpha value is -2.34. The maximum Gasteiger partial charge on any atom is 0.237 e. The van der Waals surface area contributed by atoms with Gasteiger partial charge in [-0.1, -0.05) is 25.4 Å². The van der Waals surface area contributed by atoms with Crippen LogP contribution in [0.3, 0.4) is 0 Å². The Bertz CT molecular complexity index is 985. The number of hydrogen-bond donors (Lipinski definition) is 1. The van der Waals surface area contributed by atoms with E-state index >= 15 is 0 Å². The Balaban J connectivity index is 1.69. The number of rotatable bonds is 9. The molecule has 0 aliphatic heterocycles. The molecule has 3 heterocycles. The van der Waals surface area contributed by atoms with Gasteiger partial charge in [0.2, 0.25) is 5.88 Å². The van der Waals surface area contributed by atoms with Crippen molar-refractivity contribution >= 4 is 28.3 Å². The van der Waals surface area contributed by atoms with Crippen LogP contribution in [-0.4, -0.2) is 31.9 Å². The molecule has 6 nitrogen and oxygen atoms in total. The lowest BCUT2D eigenvalue weighted by Gasteiger charge is -2.20. The van der Waals surface area contributed by atoms with Crippen LogP contribution in [0.2, 0.25) is 5.02 Å². The van der Waals surface area contributed by atoms with Gasteiger partial charge in [-0.15, -0.1) is 0 Å². The van der Waals surface area contributed by atoms with E-state index in [9.17, 15) is 0 Å². The summed E-state index contributed by atoms with van der Waals surface area (Å²) in [5.74, 6) is 0.941. The molecule has 3 aromatic heterocycles. The molecule has 0 saturated heterocycles. The van der Waals surface area contributed by atoms with Crippen molar-refractivity contribution in [2.24, 2.45) is 0 Å². The highest BCUT2D eigenvalue weighted by Gasteiger charge is 2.19. The van der Waals surface area contributed by atoms with Crippen molar-refractivity contribution in [2.45, 2.75) is 78.5 Å². The van der Waals surface area contributed by atoms with Gasteiger partial charge in [0.25, 0.3) is 0 Å². The van der Waals surface area contributed by atoms with E-state index in [1.54, 1.807) is 6.20 Å². The normalized spacial score (nSPS) is 13.8. The molecule has 2 atom stereocenters. The van der Waals surface area contributed by atoms with E-state index < -0.39 is 0 Å². The van der Waals surface area contributed by atoms with Crippen LogP contribution < -0.4 is 10.1 Å². The fourth-order valence-corrected chi connectivity index (χ4v) is 3.67. The molecule has 7 heteroatoms. The van der Waals surface area contributed by atoms with Crippen LogP contribution in [0.25, 0.3) is 11.0 Å². The van der Waals surface area contributed by atoms with Crippen molar-refractivity contribution in [1.82, 2.24) is 19.7 Å². The van der Waals surface area contributed by atoms with E-state index in [1.165, 1.54) is 0 Å². The molecule has 0 amide bonds. The first-order valence-electron chi connectivity index (χ1n) is 10.7. The molecule has 0 aliphatic rings. The molecular formula is C23H32ClN5O. The maximum absolute atomic E-state index is 6.14. The largest absolute Gasteiger partial charge is 0.473 e. The third kappa shape index (κ3) is 5.22. The number of ether oxygens (including phenoxy) is 1. The van der Waals surface area contributed by atoms with Crippen LogP contribution in [0.1, 0.15) is 72.0 Å². The quantitative estimate of drug-likeness (QED) is 0.436. The molecule has 1 N–H and O–H groups in total. The van der Waals surface area contributed by atoms with Crippen molar-refractivity contribution < 1.29 is 4.74 Å². The predicted octanol–water partition coefficient (Wildman–Crippen LogP) is 6.23. The first-order chi connectivity index (χ1) is 14.3. The maximum atomic E-state index is 6.14. The Morgan fingerprint density at radius 1 is 1.10 bits per heavy atom. The lowest BCUT2D eigenvalue weighted by Crippen LogP contribution is -2.18. The van der Waals surface area contributed by atoms with Gasteiger partial charge < -0.3 is 10.1 Å². The van der Waals surface area contributed by atoms with Crippen LogP contribution in [-0.2, 0) is 0 Å². The van der Waals surface area contributed by atoms with Crippen LogP contribution in [0, 0.1) is 0 Å². The highest BCUT2D eigenvalue weighted by Crippen LogP contribution is 2.29. The van der Waals surface area contributed by atoms with Crippen molar-refractivity contribution in [1.29, 1.82) is 0 Å². The second kappa shape index (κ2) is 9.65. The zero-order valence-corrected chi connectivity index (χ0v) is 19.4. The average molecular weight is 430 g/mol. The third-order valence-corrected chi connectivity index (χ3v) is 5.23. The number of halogens is 1. The smallest absolute Gasteiger partial charge is 0.237 e. The minimum Gasteiger partial charge on any atom is -0.473 e. The van der Waals surface area contributed by atoms with Crippen LogP contribution in [0.5, 0.6) is 5.88 Å². The number of aromatic nitrogens is 4. The molecule has 0 bridgehead atoms. The molecule has 0 aliphatic carbocycles. The molecule has 0 radical (unpaired) electrons. The molecule has 0 fully saturated rings. The Morgan fingerprint density at radius 2 is 1.87 bits per heavy atom. The highest BCUT2D eigenvalue weighted by atomic mass is 35.5. The molecule has 0 spiro atoms. The highest BCUT2D eigenvalue weighted by molar-refractivity contribution is 6.30. The van der Waals surface area contributed by atoms with Crippen molar-refractivity contribution in [2.75, 3.05) is 5.32 Å². The Morgan fingerprint density at radius 3 is 2.57 bits per heavy atom. The summed E-state index contributed by atoms with van der Waals surface area (Å²) in [5, 5.41) is 9.96. The van der Waals surface area contributed by atoms with Gasteiger partial charge in [-0.25, -0.2) is 14.6 Å². The van der Waals surface area contributed by atoms with Gasteiger partial charge >= 0.3 is 0 Å². The predicted molar refractivity (Wildman–Crippen MR) is 124 cm³/mol. The van der Waals surface area contributed by atoms with Gasteiger partial charge in [-0.2, -0.15) is 5.10 Å². The summed E-state index contributed by atoms with van der Waals surface area (Å²) < 4.78 is 8.20. The van der Waals surface area contributed by atoms with Gasteiger partial charge in [-0.3, -0.25) is 0 Å². The lowest BCUT2D eigenvalue weighted by molar-refractivity contribution is 0.192. The van der Waals surface area contributed by atoms with E-state index in [0.29, 0.717) is 16.8 Å². The molecule has 3 rings (SSSR count). The summed E-state index contributed by atoms with van der Waals surface area (Å²) in [6, 6.07) is 6.41. The number of hydrogen-bond acceptors (Lipinski definition) is 5. The standard InChI is InChI=1S/C23H32ClN5O/c1-14(2)21-19-8-7-11-25-22(19)29(28-21)16(5)9-10-17(6)30-23-20(27-15(3)4)12-18(24)13-26-23/h7-8,11-17,27H,9-10H2,1-6H3. The Kier molecular flexibility index (Phi) is 7.19. The fourth-order valence-electron chi connectivity index (χ4n) is 3.51. The van der Waals surface area contributed by atoms with Crippen molar-refractivity contribution in [3.63, 3.8) is 0 Å². The van der Waals surface area contributed by atoms with E-state index in [2.05, 4.69) is 67.6 Å². The van der Waals surface area contributed by atoms with Crippen LogP contribution >= 0.6 is 11.6 Å². The summed E-state index contributed by atoms with van der Waals surface area (Å²) in [6.45, 7) is 12.7. The Labute approximate surface area is 184 Å². The van der Waals surface area contributed by atoms with Gasteiger partial charge in [0.15, 0.2) is 5.65 Å². The van der Waals surface area contributed by atoms with E-state index in [1.807, 2.05) is 18.3 Å². The number of pyridine rings is 2. The number of fused-ring (bicyclic) bond motifs is 1. The van der Waals surface area contributed by atoms with E-state index in [0.717, 1.165) is 35.3 Å². The third-order valence-electron chi connectivity index (χ3n) is 5.03. The molecular weight excluding hydrogens is 398 g/mol. The summed E-state index contributed by atoms with van der Waals surface area (Å²) in [6.07, 6.45) is 5.25. The number of nitrogens with one attached hydrogen (secondary N) is 1. The SMILES string of the molecule is CC(C)Nc1cc(Cl)cnc1OC(C)CCC(C)n1nc(C(C)C)c2cccnc21. The number of anilines is 1. The van der Waals surface area contributed by atoms with E-state index in [4.69, 9.17) is 21.4 Å². The average Bonchev–Trinajstić information content (AvgIpc) is 3.08. The lowest BCUT2D eigenvalue weighted by atomic mass is 10.1. The first kappa shape index (κ1) is 22.3. The molecule has 2 unspecified atom stereocenters. The number of nitrogens with zero attached hydrogens (tertiary/aromatic N) is 4. The summed E-state index contributed by atoms with van der Waals surface area (Å²) in [5.41, 5.74) is 2.87. The summed E-state index contributed by atoms with van der Waals surface area (Å²) in [4.78, 5) is 8.96. The van der Waals surface area contributed by atoms with Crippen molar-refractivity contribution in [3.05, 3.63) is 41.3 Å². The second-order valence-electron chi connectivity index (χ2n) is 8.52. The fraction of sp³-hybridized carbons (Fsp3) is 0.522.